The first-order chi connectivity index (χ1) is 8.47. The smallest absolute Gasteiger partial charge is 0.245 e. The number of likely N-dealkylation sites (N-methyl/N-ethyl adjacent to an activating group) is 1. The molecule has 0 saturated carbocycles. The van der Waals surface area contributed by atoms with Gasteiger partial charge in [0, 0.05) is 20.1 Å². The van der Waals surface area contributed by atoms with E-state index < -0.39 is 5.38 Å². The van der Waals surface area contributed by atoms with Crippen LogP contribution in [0, 0.1) is 6.92 Å². The molecular formula is C12H20ClN3O2. The van der Waals surface area contributed by atoms with Crippen LogP contribution in [0.3, 0.4) is 0 Å². The van der Waals surface area contributed by atoms with Gasteiger partial charge in [-0.3, -0.25) is 4.79 Å². The van der Waals surface area contributed by atoms with E-state index in [0.717, 1.165) is 5.69 Å². The molecule has 6 heteroatoms. The van der Waals surface area contributed by atoms with Gasteiger partial charge in [-0.25, -0.2) is 4.68 Å². The van der Waals surface area contributed by atoms with Gasteiger partial charge in [0.15, 0.2) is 0 Å². The number of amides is 1. The third-order valence-corrected chi connectivity index (χ3v) is 3.36. The normalized spacial score (nSPS) is 12.3. The molecule has 18 heavy (non-hydrogen) atoms. The molecule has 1 unspecified atom stereocenters. The second kappa shape index (κ2) is 6.09. The summed E-state index contributed by atoms with van der Waals surface area (Å²) in [6.45, 7) is 6.96. The lowest BCUT2D eigenvalue weighted by molar-refractivity contribution is -0.130. The number of alkyl halides is 1. The number of hydrogen-bond donors (Lipinski definition) is 0. The summed E-state index contributed by atoms with van der Waals surface area (Å²) in [6, 6.07) is 0. The van der Waals surface area contributed by atoms with E-state index in [1.807, 2.05) is 20.8 Å². The molecule has 0 radical (unpaired) electrons. The zero-order valence-electron chi connectivity index (χ0n) is 11.5. The summed E-state index contributed by atoms with van der Waals surface area (Å²) in [5, 5.41) is 3.48. The van der Waals surface area contributed by atoms with Gasteiger partial charge in [0.25, 0.3) is 0 Å². The van der Waals surface area contributed by atoms with Crippen molar-refractivity contribution in [1.29, 1.82) is 0 Å². The quantitative estimate of drug-likeness (QED) is 0.770. The van der Waals surface area contributed by atoms with E-state index in [2.05, 4.69) is 5.10 Å². The molecule has 1 heterocycles. The van der Waals surface area contributed by atoms with Crippen molar-refractivity contribution in [2.75, 3.05) is 20.2 Å². The monoisotopic (exact) mass is 273 g/mol. The summed E-state index contributed by atoms with van der Waals surface area (Å²) in [5.74, 6) is 0.420. The number of aryl methyl sites for hydroxylation is 2. The highest BCUT2D eigenvalue weighted by Crippen LogP contribution is 2.33. The van der Waals surface area contributed by atoms with Crippen LogP contribution in [0.15, 0.2) is 0 Å². The molecule has 0 saturated heterocycles. The van der Waals surface area contributed by atoms with Gasteiger partial charge in [-0.15, -0.1) is 11.6 Å². The van der Waals surface area contributed by atoms with Gasteiger partial charge in [-0.2, -0.15) is 5.10 Å². The Morgan fingerprint density at radius 3 is 2.50 bits per heavy atom. The first-order valence-electron chi connectivity index (χ1n) is 5.98. The third kappa shape index (κ3) is 2.61. The van der Waals surface area contributed by atoms with Crippen LogP contribution in [0.1, 0.15) is 30.5 Å². The van der Waals surface area contributed by atoms with Crippen molar-refractivity contribution in [2.45, 2.75) is 26.1 Å². The fourth-order valence-corrected chi connectivity index (χ4v) is 2.40. The molecular weight excluding hydrogens is 254 g/mol. The van der Waals surface area contributed by atoms with Crippen LogP contribution in [0.25, 0.3) is 0 Å². The Hall–Kier alpha value is -1.23. The fraction of sp³-hybridized carbons (Fsp3) is 0.667. The average molecular weight is 274 g/mol. The molecule has 0 bridgehead atoms. The number of carbonyl (C=O) groups is 1. The molecule has 0 aliphatic carbocycles. The Bertz CT molecular complexity index is 427. The van der Waals surface area contributed by atoms with Crippen LogP contribution in [0.5, 0.6) is 5.88 Å². The summed E-state index contributed by atoms with van der Waals surface area (Å²) in [5.41, 5.74) is 1.37. The van der Waals surface area contributed by atoms with Crippen molar-refractivity contribution < 1.29 is 9.53 Å². The van der Waals surface area contributed by atoms with Crippen molar-refractivity contribution in [2.24, 2.45) is 7.05 Å². The molecule has 1 aromatic heterocycles. The molecule has 0 aliphatic rings. The number of hydrogen-bond acceptors (Lipinski definition) is 3. The van der Waals surface area contributed by atoms with Gasteiger partial charge in [-0.05, 0) is 20.8 Å². The minimum atomic E-state index is -0.756. The van der Waals surface area contributed by atoms with E-state index in [4.69, 9.17) is 16.3 Å². The second-order valence-electron chi connectivity index (χ2n) is 4.01. The molecule has 0 N–H and O–H groups in total. The molecule has 102 valence electrons. The lowest BCUT2D eigenvalue weighted by Gasteiger charge is -2.22. The van der Waals surface area contributed by atoms with E-state index in [-0.39, 0.29) is 5.91 Å². The standard InChI is InChI=1S/C12H20ClN3O2/c1-6-16(7-2)11(17)10(13)9-8(3)14-15(4)12(9)18-5/h10H,6-7H2,1-5H3. The largest absolute Gasteiger partial charge is 0.481 e. The molecule has 1 aromatic rings. The van der Waals surface area contributed by atoms with Gasteiger partial charge < -0.3 is 9.64 Å². The lowest BCUT2D eigenvalue weighted by atomic mass is 10.1. The molecule has 0 aromatic carbocycles. The SMILES string of the molecule is CCN(CC)C(=O)C(Cl)c1c(C)nn(C)c1OC. The Morgan fingerprint density at radius 2 is 2.06 bits per heavy atom. The van der Waals surface area contributed by atoms with Crippen molar-refractivity contribution >= 4 is 17.5 Å². The number of halogens is 1. The zero-order chi connectivity index (χ0) is 13.9. The molecule has 0 fully saturated rings. The van der Waals surface area contributed by atoms with Crippen LogP contribution in [-0.2, 0) is 11.8 Å². The highest BCUT2D eigenvalue weighted by atomic mass is 35.5. The van der Waals surface area contributed by atoms with Crippen molar-refractivity contribution in [3.63, 3.8) is 0 Å². The molecule has 5 nitrogen and oxygen atoms in total. The minimum Gasteiger partial charge on any atom is -0.481 e. The van der Waals surface area contributed by atoms with E-state index in [1.165, 1.54) is 0 Å². The van der Waals surface area contributed by atoms with E-state index in [0.29, 0.717) is 24.5 Å². The van der Waals surface area contributed by atoms with Gasteiger partial charge in [-0.1, -0.05) is 0 Å². The van der Waals surface area contributed by atoms with Crippen LogP contribution >= 0.6 is 11.6 Å². The van der Waals surface area contributed by atoms with Crippen LogP contribution in [0.2, 0.25) is 0 Å². The zero-order valence-corrected chi connectivity index (χ0v) is 12.3. The maximum atomic E-state index is 12.2. The first kappa shape index (κ1) is 14.8. The summed E-state index contributed by atoms with van der Waals surface area (Å²) in [7, 11) is 3.31. The van der Waals surface area contributed by atoms with E-state index in [9.17, 15) is 4.79 Å². The van der Waals surface area contributed by atoms with Crippen molar-refractivity contribution in [3.05, 3.63) is 11.3 Å². The summed E-state index contributed by atoms with van der Waals surface area (Å²) < 4.78 is 6.85. The highest BCUT2D eigenvalue weighted by Gasteiger charge is 2.29. The number of nitrogens with zero attached hydrogens (tertiary/aromatic N) is 3. The van der Waals surface area contributed by atoms with E-state index >= 15 is 0 Å². The van der Waals surface area contributed by atoms with Crippen LogP contribution in [-0.4, -0.2) is 40.8 Å². The Morgan fingerprint density at radius 1 is 1.50 bits per heavy atom. The van der Waals surface area contributed by atoms with Crippen molar-refractivity contribution in [3.8, 4) is 5.88 Å². The van der Waals surface area contributed by atoms with Crippen LogP contribution in [0.4, 0.5) is 0 Å². The number of aromatic nitrogens is 2. The molecule has 1 amide bonds. The summed E-state index contributed by atoms with van der Waals surface area (Å²) in [6.07, 6.45) is 0. The average Bonchev–Trinajstić information content (AvgIpc) is 2.63. The summed E-state index contributed by atoms with van der Waals surface area (Å²) >= 11 is 6.29. The first-order valence-corrected chi connectivity index (χ1v) is 6.41. The van der Waals surface area contributed by atoms with Gasteiger partial charge in [0.05, 0.1) is 18.4 Å². The predicted molar refractivity (Wildman–Crippen MR) is 71.0 cm³/mol. The van der Waals surface area contributed by atoms with Crippen molar-refractivity contribution in [1.82, 2.24) is 14.7 Å². The molecule has 1 rings (SSSR count). The van der Waals surface area contributed by atoms with Crippen LogP contribution < -0.4 is 4.74 Å². The summed E-state index contributed by atoms with van der Waals surface area (Å²) in [4.78, 5) is 13.9. The van der Waals surface area contributed by atoms with Gasteiger partial charge in [0.1, 0.15) is 5.38 Å². The highest BCUT2D eigenvalue weighted by molar-refractivity contribution is 6.31. The Labute approximate surface area is 113 Å². The Kier molecular flexibility index (Phi) is 5.02. The van der Waals surface area contributed by atoms with Gasteiger partial charge >= 0.3 is 0 Å². The maximum absolute atomic E-state index is 12.2. The number of rotatable bonds is 5. The lowest BCUT2D eigenvalue weighted by Crippen LogP contribution is -2.33. The van der Waals surface area contributed by atoms with Gasteiger partial charge in [0.2, 0.25) is 11.8 Å². The van der Waals surface area contributed by atoms with E-state index in [1.54, 1.807) is 23.7 Å². The Balaban J connectivity index is 3.10. The maximum Gasteiger partial charge on any atom is 0.245 e. The number of ether oxygens (including phenoxy) is 1. The molecule has 0 aliphatic heterocycles. The minimum absolute atomic E-state index is 0.115. The predicted octanol–water partition coefficient (Wildman–Crippen LogP) is 1.89. The number of carbonyl (C=O) groups excluding carboxylic acids is 1. The molecule has 0 spiro atoms. The third-order valence-electron chi connectivity index (χ3n) is 2.95. The molecule has 1 atom stereocenters. The fourth-order valence-electron chi connectivity index (χ4n) is 2.01. The topological polar surface area (TPSA) is 47.4 Å². The second-order valence-corrected chi connectivity index (χ2v) is 4.44. The number of methoxy groups -OCH3 is 1.